The van der Waals surface area contributed by atoms with Crippen molar-refractivity contribution < 1.29 is 9.13 Å². The maximum absolute atomic E-state index is 2.65. The highest BCUT2D eigenvalue weighted by atomic mass is 15.3. The second-order valence-electron chi connectivity index (χ2n) is 15.8. The molecule has 2 aliphatic heterocycles. The van der Waals surface area contributed by atoms with Gasteiger partial charge in [0, 0.05) is 23.3 Å². The summed E-state index contributed by atoms with van der Waals surface area (Å²) >= 11 is 0. The first-order valence-corrected chi connectivity index (χ1v) is 16.7. The van der Waals surface area contributed by atoms with Crippen LogP contribution in [0.15, 0.2) is 122 Å². The quantitative estimate of drug-likeness (QED) is 0.155. The normalized spacial score (nSPS) is 16.4. The Kier molecular flexibility index (Phi) is 4.66. The van der Waals surface area contributed by atoms with Crippen molar-refractivity contribution in [2.45, 2.75) is 63.5 Å². The Morgan fingerprint density at radius 1 is 0.413 bits per heavy atom. The van der Waals surface area contributed by atoms with Gasteiger partial charge in [-0.15, -0.1) is 9.13 Å². The Balaban J connectivity index is 1.46. The van der Waals surface area contributed by atoms with Gasteiger partial charge in [-0.3, -0.25) is 0 Å². The van der Waals surface area contributed by atoms with E-state index in [0.717, 1.165) is 0 Å². The second kappa shape index (κ2) is 8.12. The highest BCUT2D eigenvalue weighted by Gasteiger charge is 2.73. The SMILES string of the molecule is CC(C)(C)c1ccc2[n+](c1)C13c4c-2cccc4C2(c4ccccc4-c4ccccc42)c2cccc(c21)-c1ccc(C(C)(C)C)c[n+]13. The van der Waals surface area contributed by atoms with E-state index >= 15 is 0 Å². The molecule has 46 heavy (non-hydrogen) atoms. The zero-order valence-corrected chi connectivity index (χ0v) is 27.4. The molecular weight excluding hydrogens is 556 g/mol. The molecule has 2 aromatic heterocycles. The van der Waals surface area contributed by atoms with Crippen LogP contribution in [0.3, 0.4) is 0 Å². The van der Waals surface area contributed by atoms with Crippen LogP contribution in [0.4, 0.5) is 0 Å². The maximum Gasteiger partial charge on any atom is 0.418 e. The van der Waals surface area contributed by atoms with E-state index in [4.69, 9.17) is 0 Å². The minimum Gasteiger partial charge on any atom is -0.125 e. The summed E-state index contributed by atoms with van der Waals surface area (Å²) in [6.07, 6.45) is 4.94. The van der Waals surface area contributed by atoms with Gasteiger partial charge in [-0.1, -0.05) is 114 Å². The summed E-state index contributed by atoms with van der Waals surface area (Å²) in [5.41, 5.74) is 18.1. The van der Waals surface area contributed by atoms with Crippen molar-refractivity contribution in [3.63, 3.8) is 0 Å². The van der Waals surface area contributed by atoms with Gasteiger partial charge in [0.1, 0.15) is 11.1 Å². The summed E-state index contributed by atoms with van der Waals surface area (Å²) in [6.45, 7) is 14.0. The lowest BCUT2D eigenvalue weighted by Gasteiger charge is -2.41. The number of rotatable bonds is 0. The molecule has 222 valence electrons. The third-order valence-corrected chi connectivity index (χ3v) is 11.5. The van der Waals surface area contributed by atoms with Crippen molar-refractivity contribution in [2.75, 3.05) is 0 Å². The molecule has 6 aromatic rings. The van der Waals surface area contributed by atoms with Crippen molar-refractivity contribution in [2.24, 2.45) is 0 Å². The average Bonchev–Trinajstić information content (AvgIpc) is 3.63. The van der Waals surface area contributed by atoms with E-state index in [1.165, 1.54) is 78.1 Å². The first-order chi connectivity index (χ1) is 22.1. The molecule has 0 bridgehead atoms. The number of pyridine rings is 2. The van der Waals surface area contributed by atoms with Gasteiger partial charge in [-0.25, -0.2) is 0 Å². The predicted octanol–water partition coefficient (Wildman–Crippen LogP) is 8.79. The van der Waals surface area contributed by atoms with Crippen molar-refractivity contribution in [3.05, 3.63) is 166 Å². The highest BCUT2D eigenvalue weighted by molar-refractivity contribution is 5.91. The van der Waals surface area contributed by atoms with Gasteiger partial charge in [-0.05, 0) is 68.5 Å². The Hall–Kier alpha value is -4.82. The van der Waals surface area contributed by atoms with E-state index in [0.29, 0.717) is 0 Å². The molecule has 4 aliphatic rings. The third-order valence-electron chi connectivity index (χ3n) is 11.5. The van der Waals surface area contributed by atoms with Crippen LogP contribution in [-0.2, 0) is 21.9 Å². The van der Waals surface area contributed by atoms with E-state index in [-0.39, 0.29) is 10.8 Å². The lowest BCUT2D eigenvalue weighted by molar-refractivity contribution is -0.955. The Bertz CT molecular complexity index is 2180. The standard InChI is InChI=1S/C44H38N2/c1-41(2,3)27-21-23-37-31-15-11-19-35-39(31)44(45(37)25-27)40-32(38-24-22-28(26-46(38)44)42(4,5)6)16-12-20-36(40)43(35)33-17-9-7-13-29(33)30-14-8-10-18-34(30)43/h7-26H,1-6H3/q+2. The molecule has 0 fully saturated rings. The fraction of sp³-hybridized carbons (Fsp3) is 0.227. The van der Waals surface area contributed by atoms with Gasteiger partial charge in [0.15, 0.2) is 12.4 Å². The van der Waals surface area contributed by atoms with Gasteiger partial charge in [0.05, 0.1) is 16.5 Å². The summed E-state index contributed by atoms with van der Waals surface area (Å²) in [5, 5.41) is 0. The number of hydrogen-bond acceptors (Lipinski definition) is 0. The zero-order chi connectivity index (χ0) is 31.4. The summed E-state index contributed by atoms with van der Waals surface area (Å²) in [4.78, 5) is 0. The van der Waals surface area contributed by atoms with Gasteiger partial charge in [0.25, 0.3) is 0 Å². The van der Waals surface area contributed by atoms with Gasteiger partial charge in [-0.2, -0.15) is 0 Å². The first-order valence-electron chi connectivity index (χ1n) is 16.7. The molecule has 0 atom stereocenters. The monoisotopic (exact) mass is 594 g/mol. The topological polar surface area (TPSA) is 7.76 Å². The van der Waals surface area contributed by atoms with Crippen LogP contribution in [0.25, 0.3) is 33.6 Å². The molecule has 10 rings (SSSR count). The molecule has 0 saturated heterocycles. The molecule has 0 N–H and O–H groups in total. The number of nitrogens with zero attached hydrogens (tertiary/aromatic N) is 2. The summed E-state index contributed by atoms with van der Waals surface area (Å²) in [6, 6.07) is 42.0. The van der Waals surface area contributed by atoms with Crippen molar-refractivity contribution in [1.82, 2.24) is 0 Å². The van der Waals surface area contributed by atoms with E-state index < -0.39 is 11.1 Å². The molecular formula is C44H38N2+2. The lowest BCUT2D eigenvalue weighted by Crippen LogP contribution is -2.73. The average molecular weight is 595 g/mol. The van der Waals surface area contributed by atoms with Crippen LogP contribution in [-0.4, -0.2) is 0 Å². The van der Waals surface area contributed by atoms with E-state index in [1.54, 1.807) is 0 Å². The van der Waals surface area contributed by atoms with Crippen LogP contribution in [0.5, 0.6) is 0 Å². The molecule has 2 aliphatic carbocycles. The fourth-order valence-corrected chi connectivity index (χ4v) is 9.45. The van der Waals surface area contributed by atoms with E-state index in [9.17, 15) is 0 Å². The fourth-order valence-electron chi connectivity index (χ4n) is 9.45. The smallest absolute Gasteiger partial charge is 0.125 e. The van der Waals surface area contributed by atoms with Crippen molar-refractivity contribution in [3.8, 4) is 33.6 Å². The van der Waals surface area contributed by atoms with Crippen LogP contribution in [0.2, 0.25) is 0 Å². The lowest BCUT2D eigenvalue weighted by atomic mass is 9.58. The second-order valence-corrected chi connectivity index (χ2v) is 15.8. The minimum atomic E-state index is -0.539. The predicted molar refractivity (Wildman–Crippen MR) is 184 cm³/mol. The molecule has 2 heteroatoms. The van der Waals surface area contributed by atoms with Gasteiger partial charge in [0.2, 0.25) is 11.4 Å². The molecule has 4 aromatic carbocycles. The summed E-state index contributed by atoms with van der Waals surface area (Å²) in [7, 11) is 0. The Morgan fingerprint density at radius 2 is 0.804 bits per heavy atom. The van der Waals surface area contributed by atoms with Crippen LogP contribution >= 0.6 is 0 Å². The van der Waals surface area contributed by atoms with Crippen molar-refractivity contribution in [1.29, 1.82) is 0 Å². The molecule has 0 saturated carbocycles. The van der Waals surface area contributed by atoms with Gasteiger partial charge >= 0.3 is 5.66 Å². The van der Waals surface area contributed by atoms with Crippen LogP contribution in [0, 0.1) is 0 Å². The number of benzene rings is 4. The molecule has 2 nitrogen and oxygen atoms in total. The van der Waals surface area contributed by atoms with Crippen LogP contribution < -0.4 is 9.13 Å². The number of fused-ring (bicyclic) bond motifs is 11. The molecule has 4 heterocycles. The minimum absolute atomic E-state index is 0.0111. The molecule has 0 amide bonds. The largest absolute Gasteiger partial charge is 0.418 e. The third kappa shape index (κ3) is 2.79. The van der Waals surface area contributed by atoms with E-state index in [1.807, 2.05) is 0 Å². The van der Waals surface area contributed by atoms with E-state index in [2.05, 4.69) is 172 Å². The summed E-state index contributed by atoms with van der Waals surface area (Å²) in [5.74, 6) is 0. The Morgan fingerprint density at radius 3 is 1.24 bits per heavy atom. The number of hydrogen-bond donors (Lipinski definition) is 0. The van der Waals surface area contributed by atoms with Gasteiger partial charge < -0.3 is 0 Å². The summed E-state index contributed by atoms with van der Waals surface area (Å²) < 4.78 is 5.29. The Labute approximate surface area is 271 Å². The zero-order valence-electron chi connectivity index (χ0n) is 27.4. The van der Waals surface area contributed by atoms with Crippen LogP contribution in [0.1, 0.15) is 86.1 Å². The van der Waals surface area contributed by atoms with Crippen molar-refractivity contribution >= 4 is 0 Å². The highest BCUT2D eigenvalue weighted by Crippen LogP contribution is 2.65. The first kappa shape index (κ1) is 26.4. The molecule has 0 radical (unpaired) electrons. The maximum atomic E-state index is 2.65. The molecule has 2 spiro atoms. The molecule has 0 unspecified atom stereocenters. The number of aromatic nitrogens is 2.